The average Bonchev–Trinajstić information content (AvgIpc) is 2.78. The molecule has 3 nitrogen and oxygen atoms in total. The quantitative estimate of drug-likeness (QED) is 0.805. The molecule has 3 N–H and O–H groups in total. The number of aliphatic hydroxyl groups excluding tert-OH is 1. The second-order valence-electron chi connectivity index (χ2n) is 7.49. The number of aliphatic hydroxyl groups is 1. The molecule has 3 heteroatoms. The van der Waals surface area contributed by atoms with E-state index in [1.165, 1.54) is 45.2 Å². The van der Waals surface area contributed by atoms with Crippen molar-refractivity contribution in [1.29, 1.82) is 0 Å². The summed E-state index contributed by atoms with van der Waals surface area (Å²) < 4.78 is 0. The summed E-state index contributed by atoms with van der Waals surface area (Å²) in [5.41, 5.74) is 6.83. The van der Waals surface area contributed by atoms with Gasteiger partial charge in [0, 0.05) is 25.2 Å². The minimum absolute atomic E-state index is 0.334. The van der Waals surface area contributed by atoms with Gasteiger partial charge in [0.1, 0.15) is 0 Å². The Morgan fingerprint density at radius 2 is 2.11 bits per heavy atom. The van der Waals surface area contributed by atoms with Crippen molar-refractivity contribution in [3.05, 3.63) is 0 Å². The van der Waals surface area contributed by atoms with Gasteiger partial charge in [-0.2, -0.15) is 0 Å². The van der Waals surface area contributed by atoms with Crippen LogP contribution in [-0.4, -0.2) is 41.8 Å². The fourth-order valence-electron chi connectivity index (χ4n) is 4.05. The highest BCUT2D eigenvalue weighted by Gasteiger charge is 2.35. The highest BCUT2D eigenvalue weighted by molar-refractivity contribution is 4.90. The molecule has 2 rings (SSSR count). The zero-order valence-electron chi connectivity index (χ0n) is 12.8. The summed E-state index contributed by atoms with van der Waals surface area (Å²) in [6.07, 6.45) is 8.47. The molecule has 1 aliphatic carbocycles. The van der Waals surface area contributed by atoms with Crippen molar-refractivity contribution in [1.82, 2.24) is 4.90 Å². The van der Waals surface area contributed by atoms with Gasteiger partial charge in [0.2, 0.25) is 0 Å². The van der Waals surface area contributed by atoms with Gasteiger partial charge in [-0.1, -0.05) is 13.8 Å². The monoisotopic (exact) mass is 268 g/mol. The molecule has 2 fully saturated rings. The van der Waals surface area contributed by atoms with Crippen LogP contribution < -0.4 is 5.73 Å². The maximum Gasteiger partial charge on any atom is 0.0431 e. The summed E-state index contributed by atoms with van der Waals surface area (Å²) in [7, 11) is 0. The van der Waals surface area contributed by atoms with E-state index in [2.05, 4.69) is 18.7 Å². The lowest BCUT2D eigenvalue weighted by Gasteiger charge is -2.41. The lowest BCUT2D eigenvalue weighted by Crippen LogP contribution is -2.46. The highest BCUT2D eigenvalue weighted by atomic mass is 16.2. The molecule has 1 aliphatic heterocycles. The minimum atomic E-state index is 0.334. The topological polar surface area (TPSA) is 49.5 Å². The van der Waals surface area contributed by atoms with Crippen LogP contribution in [0.3, 0.4) is 0 Å². The van der Waals surface area contributed by atoms with E-state index in [9.17, 15) is 0 Å². The first-order chi connectivity index (χ1) is 9.02. The van der Waals surface area contributed by atoms with Gasteiger partial charge in [0.05, 0.1) is 0 Å². The second kappa shape index (κ2) is 6.55. The summed E-state index contributed by atoms with van der Waals surface area (Å²) in [5, 5.41) is 9.01. The number of likely N-dealkylation sites (tertiary alicyclic amines) is 1. The van der Waals surface area contributed by atoms with E-state index in [0.717, 1.165) is 12.8 Å². The largest absolute Gasteiger partial charge is 0.396 e. The molecule has 0 radical (unpaired) electrons. The van der Waals surface area contributed by atoms with Gasteiger partial charge in [-0.05, 0) is 62.8 Å². The molecular weight excluding hydrogens is 236 g/mol. The number of hydrogen-bond acceptors (Lipinski definition) is 3. The molecule has 3 unspecified atom stereocenters. The Morgan fingerprint density at radius 1 is 1.32 bits per heavy atom. The number of nitrogens with two attached hydrogens (primary N) is 1. The van der Waals surface area contributed by atoms with E-state index < -0.39 is 0 Å². The molecule has 1 heterocycles. The van der Waals surface area contributed by atoms with E-state index in [1.54, 1.807) is 0 Å². The van der Waals surface area contributed by atoms with Gasteiger partial charge in [-0.25, -0.2) is 0 Å². The smallest absolute Gasteiger partial charge is 0.0431 e. The maximum absolute atomic E-state index is 9.01. The molecule has 3 atom stereocenters. The molecule has 0 spiro atoms. The molecule has 112 valence electrons. The van der Waals surface area contributed by atoms with Crippen molar-refractivity contribution >= 4 is 0 Å². The van der Waals surface area contributed by atoms with Crippen LogP contribution in [0.2, 0.25) is 0 Å². The summed E-state index contributed by atoms with van der Waals surface area (Å²) in [6.45, 7) is 7.53. The Hall–Kier alpha value is -0.120. The standard InChI is InChI=1S/C16H32N2O/c1-16(2)8-7-15(17)13(11-16)12-18-9-3-5-14(18)6-4-10-19/h13-15,19H,3-12,17H2,1-2H3. The van der Waals surface area contributed by atoms with Gasteiger partial charge in [-0.15, -0.1) is 0 Å². The minimum Gasteiger partial charge on any atom is -0.396 e. The van der Waals surface area contributed by atoms with Crippen LogP contribution in [0.15, 0.2) is 0 Å². The normalized spacial score (nSPS) is 35.7. The SMILES string of the molecule is CC1(C)CCC(N)C(CN2CCCC2CCCO)C1. The third-order valence-electron chi connectivity index (χ3n) is 5.24. The first-order valence-electron chi connectivity index (χ1n) is 8.12. The molecule has 2 aliphatic rings. The van der Waals surface area contributed by atoms with Crippen molar-refractivity contribution in [3.63, 3.8) is 0 Å². The zero-order valence-corrected chi connectivity index (χ0v) is 12.8. The molecule has 1 saturated carbocycles. The van der Waals surface area contributed by atoms with Crippen LogP contribution in [0.5, 0.6) is 0 Å². The molecule has 19 heavy (non-hydrogen) atoms. The number of rotatable bonds is 5. The molecule has 0 aromatic carbocycles. The van der Waals surface area contributed by atoms with Crippen molar-refractivity contribution < 1.29 is 5.11 Å². The first-order valence-corrected chi connectivity index (χ1v) is 8.12. The fraction of sp³-hybridized carbons (Fsp3) is 1.00. The predicted molar refractivity (Wildman–Crippen MR) is 80.0 cm³/mol. The summed E-state index contributed by atoms with van der Waals surface area (Å²) in [5.74, 6) is 0.665. The average molecular weight is 268 g/mol. The van der Waals surface area contributed by atoms with E-state index in [1.807, 2.05) is 0 Å². The second-order valence-corrected chi connectivity index (χ2v) is 7.49. The Labute approximate surface area is 118 Å². The fourth-order valence-corrected chi connectivity index (χ4v) is 4.05. The summed E-state index contributed by atoms with van der Waals surface area (Å²) in [4.78, 5) is 2.65. The number of hydrogen-bond donors (Lipinski definition) is 2. The Kier molecular flexibility index (Phi) is 5.27. The zero-order chi connectivity index (χ0) is 13.9. The van der Waals surface area contributed by atoms with Crippen LogP contribution in [0, 0.1) is 11.3 Å². The molecule has 0 amide bonds. The van der Waals surface area contributed by atoms with Crippen LogP contribution in [0.1, 0.15) is 58.8 Å². The predicted octanol–water partition coefficient (Wildman–Crippen LogP) is 2.38. The van der Waals surface area contributed by atoms with Crippen molar-refractivity contribution in [3.8, 4) is 0 Å². The van der Waals surface area contributed by atoms with Gasteiger partial charge >= 0.3 is 0 Å². The Bertz CT molecular complexity index is 280. The molecule has 0 aromatic heterocycles. The molecular formula is C16H32N2O. The maximum atomic E-state index is 9.01. The third-order valence-corrected chi connectivity index (χ3v) is 5.24. The lowest BCUT2D eigenvalue weighted by molar-refractivity contribution is 0.105. The van der Waals surface area contributed by atoms with Crippen LogP contribution in [0.25, 0.3) is 0 Å². The Morgan fingerprint density at radius 3 is 2.84 bits per heavy atom. The lowest BCUT2D eigenvalue weighted by atomic mass is 9.70. The van der Waals surface area contributed by atoms with Gasteiger partial charge in [-0.3, -0.25) is 0 Å². The highest BCUT2D eigenvalue weighted by Crippen LogP contribution is 2.39. The first kappa shape index (κ1) is 15.3. The number of nitrogens with zero attached hydrogens (tertiary/aromatic N) is 1. The van der Waals surface area contributed by atoms with Gasteiger partial charge in [0.25, 0.3) is 0 Å². The third kappa shape index (κ3) is 4.17. The van der Waals surface area contributed by atoms with Crippen molar-refractivity contribution in [2.24, 2.45) is 17.1 Å². The van der Waals surface area contributed by atoms with Gasteiger partial charge in [0.15, 0.2) is 0 Å². The molecule has 1 saturated heterocycles. The van der Waals surface area contributed by atoms with Crippen LogP contribution >= 0.6 is 0 Å². The molecule has 0 bridgehead atoms. The summed E-state index contributed by atoms with van der Waals surface area (Å²) >= 11 is 0. The van der Waals surface area contributed by atoms with Gasteiger partial charge < -0.3 is 15.7 Å². The van der Waals surface area contributed by atoms with E-state index >= 15 is 0 Å². The van der Waals surface area contributed by atoms with E-state index in [-0.39, 0.29) is 0 Å². The molecule has 0 aromatic rings. The van der Waals surface area contributed by atoms with Crippen molar-refractivity contribution in [2.45, 2.75) is 70.9 Å². The van der Waals surface area contributed by atoms with E-state index in [0.29, 0.717) is 30.0 Å². The van der Waals surface area contributed by atoms with E-state index in [4.69, 9.17) is 10.8 Å². The van der Waals surface area contributed by atoms with Crippen LogP contribution in [0.4, 0.5) is 0 Å². The van der Waals surface area contributed by atoms with Crippen molar-refractivity contribution in [2.75, 3.05) is 19.7 Å². The summed E-state index contributed by atoms with van der Waals surface area (Å²) in [6, 6.07) is 1.09. The van der Waals surface area contributed by atoms with Crippen LogP contribution in [-0.2, 0) is 0 Å². The Balaban J connectivity index is 1.87.